The van der Waals surface area contributed by atoms with E-state index in [9.17, 15) is 24.3 Å². The number of allylic oxidation sites excluding steroid dienone is 6. The number of ether oxygens (including phenoxy) is 1. The maximum atomic E-state index is 14.0. The van der Waals surface area contributed by atoms with E-state index in [1.165, 1.54) is 24.2 Å². The predicted octanol–water partition coefficient (Wildman–Crippen LogP) is 5.01. The highest BCUT2D eigenvalue weighted by atomic mass is 79.9. The molecule has 1 N–H and O–H groups in total. The third-order valence-electron chi connectivity index (χ3n) is 8.27. The highest BCUT2D eigenvalue weighted by Crippen LogP contribution is 2.57. The Balaban J connectivity index is 1.50. The van der Waals surface area contributed by atoms with Crippen molar-refractivity contribution >= 4 is 51.1 Å². The second-order valence-corrected chi connectivity index (χ2v) is 10.9. The number of hydrogen-bond acceptors (Lipinski definition) is 6. The molecule has 0 bridgehead atoms. The molecule has 1 aliphatic heterocycles. The van der Waals surface area contributed by atoms with Gasteiger partial charge in [0, 0.05) is 28.7 Å². The maximum Gasteiger partial charge on any atom is 0.238 e. The third-order valence-corrected chi connectivity index (χ3v) is 8.86. The largest absolute Gasteiger partial charge is 0.507 e. The molecule has 0 saturated carbocycles. The van der Waals surface area contributed by atoms with Gasteiger partial charge in [0.25, 0.3) is 0 Å². The number of carbonyl (C=O) groups excluding carboxylic acids is 4. The Kier molecular flexibility index (Phi) is 6.03. The first-order chi connectivity index (χ1) is 18.8. The van der Waals surface area contributed by atoms with Crippen molar-refractivity contribution in [1.82, 2.24) is 0 Å². The summed E-state index contributed by atoms with van der Waals surface area (Å²) in [5, 5.41) is 11.0. The van der Waals surface area contributed by atoms with Crippen LogP contribution in [0.5, 0.6) is 11.5 Å². The first-order valence-corrected chi connectivity index (χ1v) is 13.4. The number of anilines is 1. The van der Waals surface area contributed by atoms with Gasteiger partial charge in [-0.05, 0) is 64.5 Å². The van der Waals surface area contributed by atoms with E-state index in [0.29, 0.717) is 29.0 Å². The standard InChI is InChI=1S/C31H24BrNO6/c1-3-15-7-9-16(10-8-15)33-30(37)18-12-11-17-19(25(18)31(33)38)13-20-26(23(35)14-21(32)29(20)36)27(17)28-22(34)5-4-6-24(28)39-2/h3-11,14,18-19,25,27,34H,1,12-13H2,2H3. The molecule has 6 rings (SSSR count). The summed E-state index contributed by atoms with van der Waals surface area (Å²) < 4.78 is 5.72. The van der Waals surface area contributed by atoms with Crippen LogP contribution in [0.2, 0.25) is 0 Å². The lowest BCUT2D eigenvalue weighted by Gasteiger charge is -2.42. The summed E-state index contributed by atoms with van der Waals surface area (Å²) in [6, 6.07) is 11.9. The van der Waals surface area contributed by atoms with Crippen LogP contribution in [0.4, 0.5) is 5.69 Å². The number of rotatable bonds is 4. The molecule has 0 aromatic heterocycles. The topological polar surface area (TPSA) is 101 Å². The van der Waals surface area contributed by atoms with Gasteiger partial charge in [0.15, 0.2) is 11.6 Å². The SMILES string of the molecule is C=Cc1ccc(N2C(=O)C3CC=C4C(c5c(O)cccc5OC)C5=C(CC4C3C2=O)C(=O)C(Br)=CC5=O)cc1. The number of fused-ring (bicyclic) bond motifs is 3. The molecule has 0 radical (unpaired) electrons. The van der Waals surface area contributed by atoms with E-state index in [2.05, 4.69) is 22.5 Å². The summed E-state index contributed by atoms with van der Waals surface area (Å²) in [7, 11) is 1.47. The van der Waals surface area contributed by atoms with Crippen molar-refractivity contribution in [1.29, 1.82) is 0 Å². The summed E-state index contributed by atoms with van der Waals surface area (Å²) in [6.07, 6.45) is 5.30. The molecule has 1 fully saturated rings. The number of methoxy groups -OCH3 is 1. The quantitative estimate of drug-likeness (QED) is 0.307. The number of Topliss-reactive ketones (excluding diaryl/α,β-unsaturated/α-hetero) is 1. The zero-order chi connectivity index (χ0) is 27.6. The number of imide groups is 1. The van der Waals surface area contributed by atoms with Crippen molar-refractivity contribution in [2.75, 3.05) is 12.0 Å². The van der Waals surface area contributed by atoms with Gasteiger partial charge in [0.1, 0.15) is 11.5 Å². The molecule has 196 valence electrons. The lowest BCUT2D eigenvalue weighted by Crippen LogP contribution is -2.39. The third kappa shape index (κ3) is 3.69. The van der Waals surface area contributed by atoms with Crippen molar-refractivity contribution in [2.45, 2.75) is 18.8 Å². The molecule has 2 aromatic rings. The lowest BCUT2D eigenvalue weighted by atomic mass is 9.59. The lowest BCUT2D eigenvalue weighted by molar-refractivity contribution is -0.123. The number of halogens is 1. The normalized spacial score (nSPS) is 26.1. The average Bonchev–Trinajstić information content (AvgIpc) is 3.20. The monoisotopic (exact) mass is 585 g/mol. The molecule has 4 atom stereocenters. The highest BCUT2D eigenvalue weighted by molar-refractivity contribution is 9.12. The Bertz CT molecular complexity index is 1580. The zero-order valence-corrected chi connectivity index (χ0v) is 22.6. The van der Waals surface area contributed by atoms with Crippen LogP contribution in [0.1, 0.15) is 29.9 Å². The molecule has 2 aromatic carbocycles. The van der Waals surface area contributed by atoms with Gasteiger partial charge in [-0.15, -0.1) is 0 Å². The number of phenolic OH excluding ortho intramolecular Hbond substituents is 1. The minimum absolute atomic E-state index is 0.0819. The molecule has 3 aliphatic carbocycles. The van der Waals surface area contributed by atoms with Crippen LogP contribution in [-0.2, 0) is 19.2 Å². The zero-order valence-electron chi connectivity index (χ0n) is 21.0. The van der Waals surface area contributed by atoms with Gasteiger partial charge in [0.05, 0.1) is 29.1 Å². The van der Waals surface area contributed by atoms with Crippen molar-refractivity contribution < 1.29 is 29.0 Å². The van der Waals surface area contributed by atoms with Crippen molar-refractivity contribution in [2.24, 2.45) is 17.8 Å². The van der Waals surface area contributed by atoms with E-state index in [4.69, 9.17) is 4.74 Å². The Morgan fingerprint density at radius 2 is 1.79 bits per heavy atom. The molecular weight excluding hydrogens is 562 g/mol. The maximum absolute atomic E-state index is 14.0. The van der Waals surface area contributed by atoms with Crippen LogP contribution in [0.15, 0.2) is 82.4 Å². The van der Waals surface area contributed by atoms with Gasteiger partial charge in [-0.3, -0.25) is 24.1 Å². The Labute approximate surface area is 233 Å². The van der Waals surface area contributed by atoms with Crippen molar-refractivity contribution in [3.05, 3.63) is 93.5 Å². The Morgan fingerprint density at radius 3 is 2.49 bits per heavy atom. The summed E-state index contributed by atoms with van der Waals surface area (Å²) in [5.74, 6) is -3.62. The van der Waals surface area contributed by atoms with Gasteiger partial charge in [-0.25, -0.2) is 0 Å². The fraction of sp³-hybridized carbons (Fsp3) is 0.226. The van der Waals surface area contributed by atoms with Gasteiger partial charge in [0.2, 0.25) is 11.8 Å². The second-order valence-electron chi connectivity index (χ2n) is 10.1. The predicted molar refractivity (Wildman–Crippen MR) is 148 cm³/mol. The van der Waals surface area contributed by atoms with Gasteiger partial charge in [-0.1, -0.05) is 42.5 Å². The van der Waals surface area contributed by atoms with Crippen molar-refractivity contribution in [3.63, 3.8) is 0 Å². The number of hydrogen-bond donors (Lipinski definition) is 1. The van der Waals surface area contributed by atoms with E-state index in [1.807, 2.05) is 6.08 Å². The molecule has 8 heteroatoms. The van der Waals surface area contributed by atoms with Gasteiger partial charge in [-0.2, -0.15) is 0 Å². The molecule has 4 aliphatic rings. The minimum atomic E-state index is -0.798. The summed E-state index contributed by atoms with van der Waals surface area (Å²) >= 11 is 3.22. The van der Waals surface area contributed by atoms with Gasteiger partial charge >= 0.3 is 0 Å². The number of aromatic hydroxyl groups is 1. The van der Waals surface area contributed by atoms with Crippen molar-refractivity contribution in [3.8, 4) is 11.5 Å². The molecule has 1 heterocycles. The first kappa shape index (κ1) is 25.2. The van der Waals surface area contributed by atoms with Crippen LogP contribution in [0.3, 0.4) is 0 Å². The van der Waals surface area contributed by atoms with Crippen LogP contribution in [-0.4, -0.2) is 35.6 Å². The van der Waals surface area contributed by atoms with E-state index in [0.717, 1.165) is 11.1 Å². The number of nitrogens with zero attached hydrogens (tertiary/aromatic N) is 1. The molecular formula is C31H24BrNO6. The van der Waals surface area contributed by atoms with Crippen LogP contribution >= 0.6 is 15.9 Å². The average molecular weight is 586 g/mol. The van der Waals surface area contributed by atoms with Crippen LogP contribution in [0.25, 0.3) is 6.08 Å². The van der Waals surface area contributed by atoms with E-state index in [-0.39, 0.29) is 45.6 Å². The van der Waals surface area contributed by atoms with Crippen LogP contribution < -0.4 is 9.64 Å². The minimum Gasteiger partial charge on any atom is -0.507 e. The number of ketones is 2. The number of benzene rings is 2. The summed E-state index contributed by atoms with van der Waals surface area (Å²) in [6.45, 7) is 3.75. The molecule has 1 saturated heterocycles. The van der Waals surface area contributed by atoms with E-state index in [1.54, 1.807) is 42.5 Å². The highest BCUT2D eigenvalue weighted by Gasteiger charge is 2.57. The fourth-order valence-corrected chi connectivity index (χ4v) is 7.00. The number of carbonyl (C=O) groups is 4. The molecule has 0 spiro atoms. The van der Waals surface area contributed by atoms with Gasteiger partial charge < -0.3 is 9.84 Å². The fourth-order valence-electron chi connectivity index (χ4n) is 6.55. The Hall–Kier alpha value is -4.04. The summed E-state index contributed by atoms with van der Waals surface area (Å²) in [5.41, 5.74) is 3.02. The smallest absolute Gasteiger partial charge is 0.238 e. The molecule has 7 nitrogen and oxygen atoms in total. The summed E-state index contributed by atoms with van der Waals surface area (Å²) in [4.78, 5) is 55.5. The molecule has 2 amide bonds. The van der Waals surface area contributed by atoms with E-state index < -0.39 is 23.7 Å². The second kappa shape index (κ2) is 9.31. The molecule has 4 unspecified atom stereocenters. The first-order valence-electron chi connectivity index (χ1n) is 12.6. The van der Waals surface area contributed by atoms with E-state index >= 15 is 0 Å². The number of phenols is 1. The number of amides is 2. The molecule has 39 heavy (non-hydrogen) atoms. The Morgan fingerprint density at radius 1 is 1.05 bits per heavy atom. The van der Waals surface area contributed by atoms with Crippen LogP contribution in [0, 0.1) is 17.8 Å².